The van der Waals surface area contributed by atoms with Crippen LogP contribution in [0.4, 0.5) is 0 Å². The molecule has 0 atom stereocenters. The Morgan fingerprint density at radius 1 is 1.08 bits per heavy atom. The third-order valence-corrected chi connectivity index (χ3v) is 3.66. The van der Waals surface area contributed by atoms with Crippen LogP contribution in [0.1, 0.15) is 0 Å². The Kier molecular flexibility index (Phi) is 5.91. The second-order valence-electron chi connectivity index (χ2n) is 4.83. The van der Waals surface area contributed by atoms with Crippen molar-refractivity contribution in [2.45, 2.75) is 0 Å². The van der Waals surface area contributed by atoms with Crippen LogP contribution in [0.5, 0.6) is 11.5 Å². The molecule has 0 fully saturated rings. The molecule has 0 aliphatic carbocycles. The zero-order chi connectivity index (χ0) is 17.3. The molecule has 3 rings (SSSR count). The van der Waals surface area contributed by atoms with E-state index >= 15 is 0 Å². The second-order valence-corrected chi connectivity index (χ2v) is 5.85. The van der Waals surface area contributed by atoms with Crippen LogP contribution in [-0.2, 0) is 10.4 Å². The molecule has 0 bridgehead atoms. The van der Waals surface area contributed by atoms with Crippen molar-refractivity contribution in [2.24, 2.45) is 0 Å². The number of fused-ring (bicyclic) bond motifs is 1. The summed E-state index contributed by atoms with van der Waals surface area (Å²) in [6.45, 7) is 0. The first-order valence-corrected chi connectivity index (χ1v) is 8.13. The van der Waals surface area contributed by atoms with Crippen LogP contribution in [0.2, 0.25) is 0 Å². The number of methoxy groups -OCH3 is 1. The molecule has 0 spiro atoms. The summed E-state index contributed by atoms with van der Waals surface area (Å²) in [6.07, 6.45) is 0. The van der Waals surface area contributed by atoms with E-state index in [1.54, 1.807) is 30.3 Å². The molecule has 1 heterocycles. The molecule has 1 N–H and O–H groups in total. The molecule has 2 aromatic carbocycles. The van der Waals surface area contributed by atoms with Crippen molar-refractivity contribution in [2.75, 3.05) is 7.11 Å². The summed E-state index contributed by atoms with van der Waals surface area (Å²) in [5, 5.41) is 0.0918. The zero-order valence-corrected chi connectivity index (χ0v) is 16.2. The summed E-state index contributed by atoms with van der Waals surface area (Å²) in [5.41, 5.74) is -0.116. The van der Waals surface area contributed by atoms with Crippen LogP contribution in [0.3, 0.4) is 0 Å². The van der Waals surface area contributed by atoms with E-state index in [0.29, 0.717) is 11.3 Å². The normalized spacial score (nSPS) is 11.0. The molecule has 3 aromatic rings. The Balaban J connectivity index is 0.00000225. The molecule has 25 heavy (non-hydrogen) atoms. The molecule has 0 saturated carbocycles. The number of ether oxygens (including phenoxy) is 1. The van der Waals surface area contributed by atoms with Gasteiger partial charge in [0.1, 0.15) is 11.3 Å². The maximum Gasteiger partial charge on any atom is 0.446 e. The first kappa shape index (κ1) is 19.5. The Morgan fingerprint density at radius 3 is 2.36 bits per heavy atom. The predicted molar refractivity (Wildman–Crippen MR) is 92.4 cm³/mol. The zero-order valence-electron chi connectivity index (χ0n) is 13.4. The Bertz CT molecular complexity index is 1060. The average Bonchev–Trinajstić information content (AvgIpc) is 2.56. The van der Waals surface area contributed by atoms with Crippen LogP contribution in [0.15, 0.2) is 57.7 Å². The van der Waals surface area contributed by atoms with Crippen LogP contribution >= 0.6 is 0 Å². The van der Waals surface area contributed by atoms with E-state index in [1.807, 2.05) is 0 Å². The molecule has 9 heteroatoms. The van der Waals surface area contributed by atoms with Gasteiger partial charge in [0.15, 0.2) is 5.76 Å². The van der Waals surface area contributed by atoms with Gasteiger partial charge in [-0.1, -0.05) is 30.3 Å². The quantitative estimate of drug-likeness (QED) is 0.554. The van der Waals surface area contributed by atoms with Crippen molar-refractivity contribution >= 4 is 50.9 Å². The van der Waals surface area contributed by atoms with Gasteiger partial charge >= 0.3 is 10.4 Å². The van der Waals surface area contributed by atoms with Gasteiger partial charge in [-0.25, -0.2) is 0 Å². The van der Waals surface area contributed by atoms with Crippen molar-refractivity contribution in [3.05, 3.63) is 58.8 Å². The predicted octanol–water partition coefficient (Wildman–Crippen LogP) is 2.27. The van der Waals surface area contributed by atoms with E-state index in [9.17, 15) is 13.2 Å². The summed E-state index contributed by atoms with van der Waals surface area (Å²) in [4.78, 5) is 12.6. The molecular weight excluding hydrogens is 359 g/mol. The third-order valence-electron chi connectivity index (χ3n) is 3.28. The molecule has 0 unspecified atom stereocenters. The first-order valence-electron chi connectivity index (χ1n) is 6.76. The minimum atomic E-state index is -4.90. The Morgan fingerprint density at radius 2 is 1.76 bits per heavy atom. The van der Waals surface area contributed by atoms with Crippen LogP contribution in [0.25, 0.3) is 22.3 Å². The van der Waals surface area contributed by atoms with Gasteiger partial charge in [0, 0.05) is 41.2 Å². The molecule has 7 nitrogen and oxygen atoms in total. The molecule has 125 valence electrons. The van der Waals surface area contributed by atoms with E-state index in [1.165, 1.54) is 25.3 Å². The molecular formula is C16H12NaO7S. The largest absolute Gasteiger partial charge is 0.497 e. The van der Waals surface area contributed by atoms with E-state index in [-0.39, 0.29) is 46.3 Å². The van der Waals surface area contributed by atoms with Crippen LogP contribution < -0.4 is 14.3 Å². The SMILES string of the molecule is COc1ccc2c(=O)c(OS(=O)(=O)O)c(-c3ccccc3)oc2c1.[Na]. The van der Waals surface area contributed by atoms with Gasteiger partial charge in [-0.05, 0) is 12.1 Å². The minimum Gasteiger partial charge on any atom is -0.497 e. The van der Waals surface area contributed by atoms with Crippen LogP contribution in [0, 0.1) is 0 Å². The second kappa shape index (κ2) is 7.59. The smallest absolute Gasteiger partial charge is 0.446 e. The number of rotatable bonds is 4. The van der Waals surface area contributed by atoms with Gasteiger partial charge < -0.3 is 13.3 Å². The van der Waals surface area contributed by atoms with Gasteiger partial charge in [0.25, 0.3) is 0 Å². The first-order chi connectivity index (χ1) is 11.4. The van der Waals surface area contributed by atoms with E-state index in [0.717, 1.165) is 0 Å². The van der Waals surface area contributed by atoms with Crippen molar-refractivity contribution < 1.29 is 26.3 Å². The van der Waals surface area contributed by atoms with Gasteiger partial charge in [-0.2, -0.15) is 8.42 Å². The summed E-state index contributed by atoms with van der Waals surface area (Å²) in [6, 6.07) is 12.8. The van der Waals surface area contributed by atoms with Crippen molar-refractivity contribution in [3.8, 4) is 22.8 Å². The maximum absolute atomic E-state index is 12.6. The molecule has 1 radical (unpaired) electrons. The summed E-state index contributed by atoms with van der Waals surface area (Å²) in [5.74, 6) is -0.256. The van der Waals surface area contributed by atoms with Crippen molar-refractivity contribution in [3.63, 3.8) is 0 Å². The average molecular weight is 371 g/mol. The van der Waals surface area contributed by atoms with E-state index in [2.05, 4.69) is 4.18 Å². The van der Waals surface area contributed by atoms with Gasteiger partial charge in [0.05, 0.1) is 12.5 Å². The fourth-order valence-electron chi connectivity index (χ4n) is 2.24. The fraction of sp³-hybridized carbons (Fsp3) is 0.0625. The molecule has 0 aliphatic rings. The molecule has 1 aromatic heterocycles. The fourth-order valence-corrected chi connectivity index (χ4v) is 2.61. The Hall–Kier alpha value is -1.84. The maximum atomic E-state index is 12.6. The van der Waals surface area contributed by atoms with Gasteiger partial charge in [-0.15, -0.1) is 0 Å². The monoisotopic (exact) mass is 371 g/mol. The topological polar surface area (TPSA) is 103 Å². The van der Waals surface area contributed by atoms with E-state index < -0.39 is 21.6 Å². The van der Waals surface area contributed by atoms with Crippen molar-refractivity contribution in [1.82, 2.24) is 0 Å². The van der Waals surface area contributed by atoms with Gasteiger partial charge in [-0.3, -0.25) is 9.35 Å². The van der Waals surface area contributed by atoms with Crippen LogP contribution in [-0.4, -0.2) is 49.6 Å². The number of hydrogen-bond acceptors (Lipinski definition) is 6. The summed E-state index contributed by atoms with van der Waals surface area (Å²) < 4.78 is 46.4. The molecule has 0 aliphatic heterocycles. The third kappa shape index (κ3) is 4.23. The minimum absolute atomic E-state index is 0. The summed E-state index contributed by atoms with van der Waals surface area (Å²) >= 11 is 0. The van der Waals surface area contributed by atoms with Crippen molar-refractivity contribution in [1.29, 1.82) is 0 Å². The number of benzene rings is 2. The summed E-state index contributed by atoms with van der Waals surface area (Å²) in [7, 11) is -3.43. The molecule has 0 saturated heterocycles. The standard InChI is InChI=1S/C16H12O7S.Na/c1-21-11-7-8-12-13(9-11)22-15(10-5-3-2-4-6-10)16(14(12)17)23-24(18,19)20;/h2-9H,1H3,(H,18,19,20);. The van der Waals surface area contributed by atoms with E-state index in [4.69, 9.17) is 13.7 Å². The van der Waals surface area contributed by atoms with Gasteiger partial charge in [0.2, 0.25) is 11.2 Å². The number of hydrogen-bond donors (Lipinski definition) is 1. The molecule has 0 amide bonds. The Labute approximate surface area is 165 Å².